The molecule has 2 aromatic carbocycles. The molecule has 0 unspecified atom stereocenters. The van der Waals surface area contributed by atoms with Crippen LogP contribution in [0.3, 0.4) is 0 Å². The molecule has 86 valence electrons. The van der Waals surface area contributed by atoms with E-state index in [2.05, 4.69) is 28.2 Å². The minimum atomic E-state index is 0.612. The quantitative estimate of drug-likeness (QED) is 0.464. The second-order valence-electron chi connectivity index (χ2n) is 4.43. The Bertz CT molecular complexity index is 893. The van der Waals surface area contributed by atoms with Crippen molar-refractivity contribution >= 4 is 33.0 Å². The molecule has 4 aromatic rings. The van der Waals surface area contributed by atoms with Crippen molar-refractivity contribution in [3.05, 3.63) is 48.3 Å². The Kier molecular flexibility index (Phi) is 1.75. The van der Waals surface area contributed by atoms with Gasteiger partial charge in [0.05, 0.1) is 11.1 Å². The fraction of sp³-hybridized carbons (Fsp3) is 0.0667. The van der Waals surface area contributed by atoms with Crippen LogP contribution < -0.4 is 0 Å². The summed E-state index contributed by atoms with van der Waals surface area (Å²) in [5.41, 5.74) is 3.16. The Labute approximate surface area is 103 Å². The lowest BCUT2D eigenvalue weighted by atomic mass is 10.1. The van der Waals surface area contributed by atoms with Gasteiger partial charge in [0.1, 0.15) is 11.1 Å². The SMILES string of the molecule is Cc1cnc2c(n1)oc1ccc3ccccc3c12. The Balaban J connectivity index is 2.33. The summed E-state index contributed by atoms with van der Waals surface area (Å²) >= 11 is 0. The zero-order valence-corrected chi connectivity index (χ0v) is 9.84. The van der Waals surface area contributed by atoms with E-state index in [9.17, 15) is 0 Å². The maximum atomic E-state index is 5.77. The standard InChI is InChI=1S/C15H10N2O/c1-9-8-16-14-13-11-5-3-2-4-10(11)6-7-12(13)18-15(14)17-9/h2-8H,1H3. The van der Waals surface area contributed by atoms with Crippen molar-refractivity contribution < 1.29 is 4.42 Å². The molecule has 3 heteroatoms. The molecule has 0 N–H and O–H groups in total. The molecule has 0 bridgehead atoms. The largest absolute Gasteiger partial charge is 0.436 e. The normalized spacial score (nSPS) is 11.6. The number of rotatable bonds is 0. The number of hydrogen-bond acceptors (Lipinski definition) is 3. The number of nitrogens with zero attached hydrogens (tertiary/aromatic N) is 2. The molecular weight excluding hydrogens is 224 g/mol. The zero-order chi connectivity index (χ0) is 12.1. The summed E-state index contributed by atoms with van der Waals surface area (Å²) < 4.78 is 5.77. The maximum absolute atomic E-state index is 5.77. The van der Waals surface area contributed by atoms with Gasteiger partial charge >= 0.3 is 0 Å². The molecule has 2 aromatic heterocycles. The number of aromatic nitrogens is 2. The van der Waals surface area contributed by atoms with Gasteiger partial charge in [0.25, 0.3) is 0 Å². The lowest BCUT2D eigenvalue weighted by Crippen LogP contribution is -1.83. The second kappa shape index (κ2) is 3.29. The van der Waals surface area contributed by atoms with E-state index in [0.717, 1.165) is 27.6 Å². The summed E-state index contributed by atoms with van der Waals surface area (Å²) in [6.07, 6.45) is 1.78. The number of aryl methyl sites for hydroxylation is 1. The molecule has 2 heterocycles. The van der Waals surface area contributed by atoms with Crippen LogP contribution in [0.5, 0.6) is 0 Å². The third kappa shape index (κ3) is 1.19. The van der Waals surface area contributed by atoms with Gasteiger partial charge in [-0.1, -0.05) is 30.3 Å². The van der Waals surface area contributed by atoms with Crippen molar-refractivity contribution in [2.75, 3.05) is 0 Å². The van der Waals surface area contributed by atoms with Crippen LogP contribution >= 0.6 is 0 Å². The highest BCUT2D eigenvalue weighted by Gasteiger charge is 2.12. The molecule has 0 spiro atoms. The van der Waals surface area contributed by atoms with E-state index in [1.54, 1.807) is 6.20 Å². The van der Waals surface area contributed by atoms with Gasteiger partial charge in [0.15, 0.2) is 0 Å². The molecule has 0 aliphatic rings. The Morgan fingerprint density at radius 1 is 1.06 bits per heavy atom. The van der Waals surface area contributed by atoms with Gasteiger partial charge in [0.2, 0.25) is 5.71 Å². The van der Waals surface area contributed by atoms with Crippen molar-refractivity contribution in [1.82, 2.24) is 9.97 Å². The molecule has 0 saturated heterocycles. The van der Waals surface area contributed by atoms with E-state index >= 15 is 0 Å². The first-order chi connectivity index (χ1) is 8.83. The van der Waals surface area contributed by atoms with E-state index in [0.29, 0.717) is 5.71 Å². The lowest BCUT2D eigenvalue weighted by Gasteiger charge is -1.97. The van der Waals surface area contributed by atoms with Crippen LogP contribution in [0.4, 0.5) is 0 Å². The second-order valence-corrected chi connectivity index (χ2v) is 4.43. The van der Waals surface area contributed by atoms with E-state index < -0.39 is 0 Å². The summed E-state index contributed by atoms with van der Waals surface area (Å²) in [4.78, 5) is 8.85. The number of fused-ring (bicyclic) bond motifs is 5. The topological polar surface area (TPSA) is 38.9 Å². The van der Waals surface area contributed by atoms with Crippen molar-refractivity contribution in [2.24, 2.45) is 0 Å². The van der Waals surface area contributed by atoms with Crippen LogP contribution in [0.2, 0.25) is 0 Å². The molecule has 0 amide bonds. The molecular formula is C15H10N2O. The zero-order valence-electron chi connectivity index (χ0n) is 9.84. The third-order valence-electron chi connectivity index (χ3n) is 3.20. The highest BCUT2D eigenvalue weighted by atomic mass is 16.3. The summed E-state index contributed by atoms with van der Waals surface area (Å²) in [5, 5.41) is 3.40. The van der Waals surface area contributed by atoms with Gasteiger partial charge in [-0.2, -0.15) is 0 Å². The number of benzene rings is 2. The van der Waals surface area contributed by atoms with Crippen LogP contribution in [0, 0.1) is 6.92 Å². The average Bonchev–Trinajstić information content (AvgIpc) is 2.76. The van der Waals surface area contributed by atoms with Crippen LogP contribution in [0.1, 0.15) is 5.69 Å². The summed E-state index contributed by atoms with van der Waals surface area (Å²) in [6.45, 7) is 1.91. The molecule has 0 atom stereocenters. The molecule has 0 saturated carbocycles. The Morgan fingerprint density at radius 3 is 2.89 bits per heavy atom. The first-order valence-corrected chi connectivity index (χ1v) is 5.86. The molecule has 0 radical (unpaired) electrons. The van der Waals surface area contributed by atoms with Gasteiger partial charge in [-0.15, -0.1) is 0 Å². The van der Waals surface area contributed by atoms with Crippen molar-refractivity contribution in [1.29, 1.82) is 0 Å². The van der Waals surface area contributed by atoms with Gasteiger partial charge < -0.3 is 4.42 Å². The molecule has 18 heavy (non-hydrogen) atoms. The van der Waals surface area contributed by atoms with E-state index in [4.69, 9.17) is 4.42 Å². The van der Waals surface area contributed by atoms with Gasteiger partial charge in [-0.25, -0.2) is 9.97 Å². The smallest absolute Gasteiger partial charge is 0.246 e. The molecule has 4 rings (SSSR count). The highest BCUT2D eigenvalue weighted by Crippen LogP contribution is 2.32. The first-order valence-electron chi connectivity index (χ1n) is 5.86. The summed E-state index contributed by atoms with van der Waals surface area (Å²) in [6, 6.07) is 12.3. The van der Waals surface area contributed by atoms with Crippen molar-refractivity contribution in [2.45, 2.75) is 6.92 Å². The lowest BCUT2D eigenvalue weighted by molar-refractivity contribution is 0.651. The molecule has 0 fully saturated rings. The highest BCUT2D eigenvalue weighted by molar-refractivity contribution is 6.16. The Hall–Kier alpha value is -2.42. The average molecular weight is 234 g/mol. The maximum Gasteiger partial charge on any atom is 0.246 e. The molecule has 3 nitrogen and oxygen atoms in total. The molecule has 0 aliphatic heterocycles. The van der Waals surface area contributed by atoms with Gasteiger partial charge in [-0.3, -0.25) is 0 Å². The predicted octanol–water partition coefficient (Wildman–Crippen LogP) is 3.84. The monoisotopic (exact) mass is 234 g/mol. The van der Waals surface area contributed by atoms with Crippen molar-refractivity contribution in [3.8, 4) is 0 Å². The van der Waals surface area contributed by atoms with Gasteiger partial charge in [-0.05, 0) is 23.8 Å². The van der Waals surface area contributed by atoms with Crippen LogP contribution in [0.15, 0.2) is 47.0 Å². The number of furan rings is 1. The van der Waals surface area contributed by atoms with Crippen molar-refractivity contribution in [3.63, 3.8) is 0 Å². The summed E-state index contributed by atoms with van der Waals surface area (Å²) in [5.74, 6) is 0. The van der Waals surface area contributed by atoms with Crippen LogP contribution in [0.25, 0.3) is 33.0 Å². The first kappa shape index (κ1) is 9.59. The fourth-order valence-corrected chi connectivity index (χ4v) is 2.38. The third-order valence-corrected chi connectivity index (χ3v) is 3.20. The van der Waals surface area contributed by atoms with Crippen LogP contribution in [-0.2, 0) is 0 Å². The van der Waals surface area contributed by atoms with E-state index in [-0.39, 0.29) is 0 Å². The fourth-order valence-electron chi connectivity index (χ4n) is 2.38. The van der Waals surface area contributed by atoms with E-state index in [1.807, 2.05) is 25.1 Å². The minimum Gasteiger partial charge on any atom is -0.436 e. The minimum absolute atomic E-state index is 0.612. The van der Waals surface area contributed by atoms with Gasteiger partial charge in [0, 0.05) is 6.20 Å². The van der Waals surface area contributed by atoms with E-state index in [1.165, 1.54) is 5.39 Å². The summed E-state index contributed by atoms with van der Waals surface area (Å²) in [7, 11) is 0. The predicted molar refractivity (Wildman–Crippen MR) is 71.6 cm³/mol. The molecule has 0 aliphatic carbocycles. The number of hydrogen-bond donors (Lipinski definition) is 0. The van der Waals surface area contributed by atoms with Crippen LogP contribution in [-0.4, -0.2) is 9.97 Å². The Morgan fingerprint density at radius 2 is 1.94 bits per heavy atom.